The molecule has 0 fully saturated rings. The van der Waals surface area contributed by atoms with E-state index in [2.05, 4.69) is 12.2 Å². The average Bonchev–Trinajstić information content (AvgIpc) is 3.10. The van der Waals surface area contributed by atoms with Crippen LogP contribution in [0.15, 0.2) is 39.5 Å². The second kappa shape index (κ2) is 8.44. The van der Waals surface area contributed by atoms with Crippen molar-refractivity contribution in [2.75, 3.05) is 11.9 Å². The van der Waals surface area contributed by atoms with Gasteiger partial charge < -0.3 is 14.5 Å². The Bertz CT molecular complexity index is 1180. The minimum Gasteiger partial charge on any atom is -0.462 e. The van der Waals surface area contributed by atoms with E-state index < -0.39 is 17.5 Å². The lowest BCUT2D eigenvalue weighted by molar-refractivity contribution is 0.0526. The molecule has 0 saturated heterocycles. The Morgan fingerprint density at radius 1 is 1.27 bits per heavy atom. The Morgan fingerprint density at radius 3 is 2.83 bits per heavy atom. The molecule has 0 saturated carbocycles. The third-order valence-electron chi connectivity index (χ3n) is 5.55. The normalized spacial score (nSPS) is 15.6. The summed E-state index contributed by atoms with van der Waals surface area (Å²) in [7, 11) is 0. The summed E-state index contributed by atoms with van der Waals surface area (Å²) in [5.41, 5.74) is 0.835. The molecule has 0 spiro atoms. The van der Waals surface area contributed by atoms with E-state index in [1.54, 1.807) is 31.2 Å². The molecule has 1 aliphatic rings. The van der Waals surface area contributed by atoms with Crippen LogP contribution in [0.4, 0.5) is 5.00 Å². The molecule has 2 heterocycles. The standard InChI is InChI=1S/C23H23NO5S/c1-3-13-9-10-16-18(11-13)30-21(19(16)23(27)28-4-2)24-20(25)17-12-14-7-5-6-8-15(14)22(26)29-17/h5-8,12-13H,3-4,9-11H2,1-2H3,(H,24,25). The zero-order chi connectivity index (χ0) is 21.3. The first-order valence-electron chi connectivity index (χ1n) is 10.2. The van der Waals surface area contributed by atoms with E-state index in [-0.39, 0.29) is 12.4 Å². The molecule has 1 aromatic carbocycles. The van der Waals surface area contributed by atoms with Crippen molar-refractivity contribution in [1.82, 2.24) is 0 Å². The number of rotatable bonds is 5. The fraction of sp³-hybridized carbons (Fsp3) is 0.348. The smallest absolute Gasteiger partial charge is 0.344 e. The van der Waals surface area contributed by atoms with Crippen LogP contribution in [0.1, 0.15) is 58.0 Å². The summed E-state index contributed by atoms with van der Waals surface area (Å²) in [6, 6.07) is 8.47. The Hall–Kier alpha value is -2.93. The minimum atomic E-state index is -0.569. The third kappa shape index (κ3) is 3.77. The fourth-order valence-electron chi connectivity index (χ4n) is 3.92. The first-order valence-corrected chi connectivity index (χ1v) is 11.0. The second-order valence-corrected chi connectivity index (χ2v) is 8.49. The molecule has 30 heavy (non-hydrogen) atoms. The van der Waals surface area contributed by atoms with Gasteiger partial charge in [0, 0.05) is 4.88 Å². The number of fused-ring (bicyclic) bond motifs is 2. The summed E-state index contributed by atoms with van der Waals surface area (Å²) in [5, 5.41) is 4.29. The van der Waals surface area contributed by atoms with Gasteiger partial charge in [-0.15, -0.1) is 11.3 Å². The van der Waals surface area contributed by atoms with Gasteiger partial charge in [-0.3, -0.25) is 4.79 Å². The van der Waals surface area contributed by atoms with Crippen molar-refractivity contribution in [2.45, 2.75) is 39.5 Å². The summed E-state index contributed by atoms with van der Waals surface area (Å²) in [5.74, 6) is -0.506. The zero-order valence-corrected chi connectivity index (χ0v) is 17.8. The largest absolute Gasteiger partial charge is 0.462 e. The highest BCUT2D eigenvalue weighted by atomic mass is 32.1. The third-order valence-corrected chi connectivity index (χ3v) is 6.71. The molecule has 1 aliphatic carbocycles. The van der Waals surface area contributed by atoms with Gasteiger partial charge in [0.2, 0.25) is 0 Å². The van der Waals surface area contributed by atoms with E-state index in [0.29, 0.717) is 27.3 Å². The van der Waals surface area contributed by atoms with Gasteiger partial charge in [0.05, 0.1) is 17.6 Å². The number of nitrogens with one attached hydrogen (secondary N) is 1. The fourth-order valence-corrected chi connectivity index (χ4v) is 5.27. The molecule has 3 aromatic rings. The molecule has 1 N–H and O–H groups in total. The lowest BCUT2D eigenvalue weighted by Crippen LogP contribution is -2.18. The molecular weight excluding hydrogens is 402 g/mol. The van der Waals surface area contributed by atoms with Crippen LogP contribution >= 0.6 is 11.3 Å². The maximum Gasteiger partial charge on any atom is 0.344 e. The molecule has 1 unspecified atom stereocenters. The van der Waals surface area contributed by atoms with Crippen LogP contribution in [0, 0.1) is 5.92 Å². The zero-order valence-electron chi connectivity index (χ0n) is 16.9. The summed E-state index contributed by atoms with van der Waals surface area (Å²) < 4.78 is 10.5. The highest BCUT2D eigenvalue weighted by Gasteiger charge is 2.30. The number of hydrogen-bond donors (Lipinski definition) is 1. The first-order chi connectivity index (χ1) is 14.5. The molecule has 2 aromatic heterocycles. The Morgan fingerprint density at radius 2 is 2.07 bits per heavy atom. The number of ether oxygens (including phenoxy) is 1. The van der Waals surface area contributed by atoms with Crippen molar-refractivity contribution in [3.63, 3.8) is 0 Å². The van der Waals surface area contributed by atoms with Gasteiger partial charge in [0.1, 0.15) is 5.00 Å². The van der Waals surface area contributed by atoms with Crippen LogP contribution in [0.25, 0.3) is 10.8 Å². The van der Waals surface area contributed by atoms with Crippen LogP contribution in [0.2, 0.25) is 0 Å². The molecule has 0 radical (unpaired) electrons. The molecule has 1 amide bonds. The van der Waals surface area contributed by atoms with Gasteiger partial charge in [0.25, 0.3) is 5.91 Å². The van der Waals surface area contributed by atoms with Gasteiger partial charge >= 0.3 is 11.6 Å². The number of anilines is 1. The van der Waals surface area contributed by atoms with E-state index >= 15 is 0 Å². The highest BCUT2D eigenvalue weighted by Crippen LogP contribution is 2.41. The van der Waals surface area contributed by atoms with Crippen LogP contribution in [0.3, 0.4) is 0 Å². The molecule has 156 valence electrons. The second-order valence-electron chi connectivity index (χ2n) is 7.38. The van der Waals surface area contributed by atoms with E-state index in [1.165, 1.54) is 17.4 Å². The van der Waals surface area contributed by atoms with Crippen LogP contribution in [-0.4, -0.2) is 18.5 Å². The summed E-state index contributed by atoms with van der Waals surface area (Å²) >= 11 is 1.41. The van der Waals surface area contributed by atoms with Crippen LogP contribution in [-0.2, 0) is 17.6 Å². The molecule has 0 bridgehead atoms. The van der Waals surface area contributed by atoms with E-state index in [0.717, 1.165) is 36.1 Å². The van der Waals surface area contributed by atoms with Gasteiger partial charge in [0.15, 0.2) is 5.76 Å². The first kappa shape index (κ1) is 20.3. The van der Waals surface area contributed by atoms with Crippen molar-refractivity contribution in [2.24, 2.45) is 5.92 Å². The van der Waals surface area contributed by atoms with Crippen molar-refractivity contribution in [1.29, 1.82) is 0 Å². The summed E-state index contributed by atoms with van der Waals surface area (Å²) in [4.78, 5) is 38.9. The van der Waals surface area contributed by atoms with E-state index in [9.17, 15) is 14.4 Å². The van der Waals surface area contributed by atoms with Gasteiger partial charge in [-0.25, -0.2) is 9.59 Å². The van der Waals surface area contributed by atoms with Crippen molar-refractivity contribution >= 4 is 39.0 Å². The number of thiophene rings is 1. The lowest BCUT2D eigenvalue weighted by atomic mass is 9.85. The topological polar surface area (TPSA) is 85.6 Å². The molecule has 1 atom stereocenters. The number of carbonyl (C=O) groups is 2. The minimum absolute atomic E-state index is 0.0914. The van der Waals surface area contributed by atoms with E-state index in [4.69, 9.17) is 9.15 Å². The predicted octanol–water partition coefficient (Wildman–Crippen LogP) is 4.80. The quantitative estimate of drug-likeness (QED) is 0.594. The van der Waals surface area contributed by atoms with Gasteiger partial charge in [-0.05, 0) is 55.2 Å². The molecule has 4 rings (SSSR count). The SMILES string of the molecule is CCOC(=O)c1c(NC(=O)c2cc3ccccc3c(=O)o2)sc2c1CCC(CC)C2. The molecule has 0 aliphatic heterocycles. The number of esters is 1. The summed E-state index contributed by atoms with van der Waals surface area (Å²) in [6.45, 7) is 4.18. The maximum absolute atomic E-state index is 12.9. The Kier molecular flexibility index (Phi) is 5.72. The van der Waals surface area contributed by atoms with Gasteiger partial charge in [-0.1, -0.05) is 31.5 Å². The Labute approximate surface area is 177 Å². The molecular formula is C23H23NO5S. The van der Waals surface area contributed by atoms with Crippen molar-refractivity contribution < 1.29 is 18.7 Å². The number of benzene rings is 1. The predicted molar refractivity (Wildman–Crippen MR) is 117 cm³/mol. The van der Waals surface area contributed by atoms with Gasteiger partial charge in [-0.2, -0.15) is 0 Å². The van der Waals surface area contributed by atoms with Crippen molar-refractivity contribution in [3.8, 4) is 0 Å². The number of amides is 1. The van der Waals surface area contributed by atoms with Crippen LogP contribution in [0.5, 0.6) is 0 Å². The number of carbonyl (C=O) groups excluding carboxylic acids is 2. The van der Waals surface area contributed by atoms with E-state index in [1.807, 2.05) is 0 Å². The van der Waals surface area contributed by atoms with Crippen molar-refractivity contribution in [3.05, 3.63) is 62.5 Å². The highest BCUT2D eigenvalue weighted by molar-refractivity contribution is 7.17. The molecule has 6 nitrogen and oxygen atoms in total. The average molecular weight is 426 g/mol. The maximum atomic E-state index is 12.9. The monoisotopic (exact) mass is 425 g/mol. The Balaban J connectivity index is 1.70. The van der Waals surface area contributed by atoms with Crippen LogP contribution < -0.4 is 10.9 Å². The number of hydrogen-bond acceptors (Lipinski definition) is 6. The lowest BCUT2D eigenvalue weighted by Gasteiger charge is -2.20. The summed E-state index contributed by atoms with van der Waals surface area (Å²) in [6.07, 6.45) is 3.78. The molecule has 7 heteroatoms.